The number of hydrogen-bond donors (Lipinski definition) is 2. The molecule has 0 bridgehead atoms. The van der Waals surface area contributed by atoms with E-state index in [4.69, 9.17) is 10.5 Å². The van der Waals surface area contributed by atoms with Gasteiger partial charge in [0.25, 0.3) is 5.91 Å². The molecule has 9 heteroatoms. The van der Waals surface area contributed by atoms with Crippen molar-refractivity contribution in [1.82, 2.24) is 15.3 Å². The van der Waals surface area contributed by atoms with E-state index in [0.717, 1.165) is 5.56 Å². The standard InChI is InChI=1S/C26H27F2N5O2/c1-14(2)21-13-33(9-10-35-21)20-6-5-18(22(27)23(20)28)19-12-31-25(29)24(32-19)16-3-4-17-15(11-16)7-8-30-26(17)34/h3-6,11-12,14,21H,7-10,13H2,1-2H3,(H2,29,31)(H,30,34)/t21-/m1/s1. The van der Waals surface area contributed by atoms with Crippen molar-refractivity contribution in [3.05, 3.63) is 59.3 Å². The number of amides is 1. The lowest BCUT2D eigenvalue weighted by molar-refractivity contribution is 0.0112. The van der Waals surface area contributed by atoms with Gasteiger partial charge >= 0.3 is 0 Å². The van der Waals surface area contributed by atoms with Crippen LogP contribution in [0.3, 0.4) is 0 Å². The van der Waals surface area contributed by atoms with Gasteiger partial charge in [0, 0.05) is 36.3 Å². The fourth-order valence-electron chi connectivity index (χ4n) is 4.59. The summed E-state index contributed by atoms with van der Waals surface area (Å²) in [6.07, 6.45) is 1.98. The highest BCUT2D eigenvalue weighted by Gasteiger charge is 2.27. The highest BCUT2D eigenvalue weighted by molar-refractivity contribution is 5.97. The molecule has 1 saturated heterocycles. The third-order valence-corrected chi connectivity index (χ3v) is 6.62. The fourth-order valence-corrected chi connectivity index (χ4v) is 4.59. The van der Waals surface area contributed by atoms with Crippen molar-refractivity contribution in [3.8, 4) is 22.5 Å². The molecule has 2 aliphatic rings. The molecule has 1 atom stereocenters. The number of rotatable bonds is 4. The molecule has 0 radical (unpaired) electrons. The molecule has 1 amide bonds. The predicted molar refractivity (Wildman–Crippen MR) is 130 cm³/mol. The molecule has 0 aliphatic carbocycles. The lowest BCUT2D eigenvalue weighted by Crippen LogP contribution is -2.45. The summed E-state index contributed by atoms with van der Waals surface area (Å²) in [6.45, 7) is 6.08. The highest BCUT2D eigenvalue weighted by Crippen LogP contribution is 2.33. The second-order valence-corrected chi connectivity index (χ2v) is 9.23. The molecule has 1 aromatic heterocycles. The lowest BCUT2D eigenvalue weighted by Gasteiger charge is -2.36. The van der Waals surface area contributed by atoms with Gasteiger partial charge in [-0.2, -0.15) is 0 Å². The Morgan fingerprint density at radius 3 is 2.77 bits per heavy atom. The molecular weight excluding hydrogens is 452 g/mol. The first kappa shape index (κ1) is 23.2. The zero-order valence-corrected chi connectivity index (χ0v) is 19.6. The van der Waals surface area contributed by atoms with Crippen molar-refractivity contribution in [2.24, 2.45) is 5.92 Å². The van der Waals surface area contributed by atoms with Gasteiger partial charge < -0.3 is 20.7 Å². The van der Waals surface area contributed by atoms with Gasteiger partial charge in [0.1, 0.15) is 11.5 Å². The average molecular weight is 480 g/mol. The van der Waals surface area contributed by atoms with Crippen molar-refractivity contribution >= 4 is 17.4 Å². The Labute approximate surface area is 202 Å². The van der Waals surface area contributed by atoms with Crippen LogP contribution in [0.2, 0.25) is 0 Å². The molecule has 5 rings (SSSR count). The van der Waals surface area contributed by atoms with Crippen molar-refractivity contribution in [2.45, 2.75) is 26.4 Å². The summed E-state index contributed by atoms with van der Waals surface area (Å²) in [5.41, 5.74) is 8.98. The van der Waals surface area contributed by atoms with Gasteiger partial charge in [-0.25, -0.2) is 18.7 Å². The fraction of sp³-hybridized carbons (Fsp3) is 0.346. The minimum absolute atomic E-state index is 0.00556. The molecule has 7 nitrogen and oxygen atoms in total. The van der Waals surface area contributed by atoms with Gasteiger partial charge in [-0.1, -0.05) is 19.9 Å². The third kappa shape index (κ3) is 4.32. The van der Waals surface area contributed by atoms with E-state index in [1.165, 1.54) is 12.3 Å². The van der Waals surface area contributed by atoms with Crippen LogP contribution >= 0.6 is 0 Å². The number of aromatic nitrogens is 2. The molecule has 2 aliphatic heterocycles. The number of nitrogen functional groups attached to an aromatic ring is 1. The summed E-state index contributed by atoms with van der Waals surface area (Å²) in [4.78, 5) is 22.6. The summed E-state index contributed by atoms with van der Waals surface area (Å²) >= 11 is 0. The van der Waals surface area contributed by atoms with E-state index in [2.05, 4.69) is 15.3 Å². The van der Waals surface area contributed by atoms with Crippen LogP contribution in [0.4, 0.5) is 20.3 Å². The number of fused-ring (bicyclic) bond motifs is 1. The van der Waals surface area contributed by atoms with Crippen LogP contribution in [0.15, 0.2) is 36.5 Å². The van der Waals surface area contributed by atoms with Crippen molar-refractivity contribution in [2.75, 3.05) is 36.9 Å². The predicted octanol–water partition coefficient (Wildman–Crippen LogP) is 3.82. The zero-order valence-electron chi connectivity index (χ0n) is 19.6. The second-order valence-electron chi connectivity index (χ2n) is 9.23. The van der Waals surface area contributed by atoms with Crippen LogP contribution in [0, 0.1) is 17.6 Å². The largest absolute Gasteiger partial charge is 0.382 e. The molecule has 0 spiro atoms. The van der Waals surface area contributed by atoms with Gasteiger partial charge in [-0.3, -0.25) is 4.79 Å². The lowest BCUT2D eigenvalue weighted by atomic mass is 9.96. The third-order valence-electron chi connectivity index (χ3n) is 6.62. The van der Waals surface area contributed by atoms with Crippen LogP contribution in [-0.4, -0.2) is 48.2 Å². The molecular formula is C26H27F2N5O2. The van der Waals surface area contributed by atoms with Crippen LogP contribution in [-0.2, 0) is 11.2 Å². The van der Waals surface area contributed by atoms with Gasteiger partial charge in [0.15, 0.2) is 11.6 Å². The Morgan fingerprint density at radius 2 is 1.97 bits per heavy atom. The normalized spacial score (nSPS) is 17.9. The topological polar surface area (TPSA) is 93.4 Å². The van der Waals surface area contributed by atoms with Crippen molar-refractivity contribution in [1.29, 1.82) is 0 Å². The Hall–Kier alpha value is -3.59. The zero-order chi connectivity index (χ0) is 24.7. The second kappa shape index (κ2) is 9.22. The first-order chi connectivity index (χ1) is 16.8. The van der Waals surface area contributed by atoms with Gasteiger partial charge in [0.05, 0.1) is 30.3 Å². The van der Waals surface area contributed by atoms with Crippen molar-refractivity contribution < 1.29 is 18.3 Å². The smallest absolute Gasteiger partial charge is 0.251 e. The van der Waals surface area contributed by atoms with E-state index in [1.54, 1.807) is 18.2 Å². The molecule has 3 N–H and O–H groups in total. The molecule has 182 valence electrons. The number of ether oxygens (including phenoxy) is 1. The SMILES string of the molecule is CC(C)[C@H]1CN(c2ccc(-c3cnc(N)c(-c4ccc5c(c4)CCNC5=O)n3)c(F)c2F)CCO1. The summed E-state index contributed by atoms with van der Waals surface area (Å²) in [6, 6.07) is 8.40. The summed E-state index contributed by atoms with van der Waals surface area (Å²) in [7, 11) is 0. The minimum Gasteiger partial charge on any atom is -0.382 e. The number of halogens is 2. The Kier molecular flexibility index (Phi) is 6.10. The number of nitrogens with zero attached hydrogens (tertiary/aromatic N) is 3. The van der Waals surface area contributed by atoms with E-state index >= 15 is 8.78 Å². The number of carbonyl (C=O) groups excluding carboxylic acids is 1. The Morgan fingerprint density at radius 1 is 1.17 bits per heavy atom. The number of carbonyl (C=O) groups is 1. The molecule has 2 aromatic carbocycles. The average Bonchev–Trinajstić information content (AvgIpc) is 2.86. The van der Waals surface area contributed by atoms with Crippen molar-refractivity contribution in [3.63, 3.8) is 0 Å². The highest BCUT2D eigenvalue weighted by atomic mass is 19.2. The maximum Gasteiger partial charge on any atom is 0.251 e. The molecule has 0 saturated carbocycles. The minimum atomic E-state index is -0.984. The molecule has 3 heterocycles. The van der Waals surface area contributed by atoms with E-state index < -0.39 is 11.6 Å². The number of nitrogens with two attached hydrogens (primary N) is 1. The summed E-state index contributed by atoms with van der Waals surface area (Å²) < 4.78 is 36.3. The monoisotopic (exact) mass is 479 g/mol. The van der Waals surface area contributed by atoms with Crippen LogP contribution in [0.5, 0.6) is 0 Å². The summed E-state index contributed by atoms with van der Waals surface area (Å²) in [5, 5.41) is 2.81. The molecule has 35 heavy (non-hydrogen) atoms. The van der Waals surface area contributed by atoms with E-state index in [9.17, 15) is 4.79 Å². The maximum atomic E-state index is 15.3. The first-order valence-corrected chi connectivity index (χ1v) is 11.7. The van der Waals surface area contributed by atoms with Gasteiger partial charge in [-0.05, 0) is 42.2 Å². The van der Waals surface area contributed by atoms with E-state index in [0.29, 0.717) is 49.5 Å². The Balaban J connectivity index is 1.49. The van der Waals surface area contributed by atoms with Crippen LogP contribution in [0.25, 0.3) is 22.5 Å². The van der Waals surface area contributed by atoms with E-state index in [-0.39, 0.29) is 40.7 Å². The Bertz CT molecular complexity index is 1300. The molecule has 1 fully saturated rings. The number of hydrogen-bond acceptors (Lipinski definition) is 6. The number of benzene rings is 2. The summed E-state index contributed by atoms with van der Waals surface area (Å²) in [5.74, 6) is -1.59. The molecule has 3 aromatic rings. The van der Waals surface area contributed by atoms with Crippen LogP contribution < -0.4 is 16.0 Å². The van der Waals surface area contributed by atoms with Crippen LogP contribution in [0.1, 0.15) is 29.8 Å². The first-order valence-electron chi connectivity index (χ1n) is 11.7. The van der Waals surface area contributed by atoms with Gasteiger partial charge in [-0.15, -0.1) is 0 Å². The number of anilines is 2. The number of nitrogens with one attached hydrogen (secondary N) is 1. The quantitative estimate of drug-likeness (QED) is 0.591. The van der Waals surface area contributed by atoms with E-state index in [1.807, 2.05) is 24.8 Å². The number of morpholine rings is 1. The van der Waals surface area contributed by atoms with Gasteiger partial charge in [0.2, 0.25) is 0 Å². The molecule has 0 unspecified atom stereocenters. The maximum absolute atomic E-state index is 15.3.